The minimum absolute atomic E-state index is 0.658. The molecule has 0 aromatic heterocycles. The van der Waals surface area contributed by atoms with Crippen molar-refractivity contribution >= 4 is 6.21 Å². The fourth-order valence-corrected chi connectivity index (χ4v) is 1.94. The lowest BCUT2D eigenvalue weighted by Crippen LogP contribution is -2.39. The quantitative estimate of drug-likeness (QED) is 0.689. The highest BCUT2D eigenvalue weighted by molar-refractivity contribution is 5.59. The van der Waals surface area contributed by atoms with Gasteiger partial charge in [-0.1, -0.05) is 6.92 Å². The van der Waals surface area contributed by atoms with Crippen LogP contribution < -0.4 is 10.6 Å². The second-order valence-electron chi connectivity index (χ2n) is 4.71. The van der Waals surface area contributed by atoms with Gasteiger partial charge in [0, 0.05) is 45.5 Å². The molecular formula is C14H30N4O2. The Labute approximate surface area is 122 Å². The van der Waals surface area contributed by atoms with Crippen molar-refractivity contribution in [3.63, 3.8) is 0 Å². The predicted octanol–water partition coefficient (Wildman–Crippen LogP) is -0.395. The maximum Gasteiger partial charge on any atom is 0.0701 e. The number of rotatable bonds is 4. The van der Waals surface area contributed by atoms with Gasteiger partial charge in [-0.05, 0) is 6.54 Å². The van der Waals surface area contributed by atoms with Crippen molar-refractivity contribution in [3.8, 4) is 0 Å². The van der Waals surface area contributed by atoms with E-state index in [9.17, 15) is 0 Å². The number of ether oxygens (including phenoxy) is 2. The van der Waals surface area contributed by atoms with Crippen LogP contribution in [0.3, 0.4) is 0 Å². The normalized spacial score (nSPS) is 21.2. The molecule has 0 spiro atoms. The van der Waals surface area contributed by atoms with E-state index in [1.165, 1.54) is 0 Å². The van der Waals surface area contributed by atoms with Crippen LogP contribution in [0.15, 0.2) is 4.99 Å². The molecule has 0 amide bonds. The Kier molecular flexibility index (Phi) is 11.8. The average Bonchev–Trinajstić information content (AvgIpc) is 2.47. The summed E-state index contributed by atoms with van der Waals surface area (Å²) in [6.45, 7) is 12.6. The van der Waals surface area contributed by atoms with Gasteiger partial charge in [-0.15, -0.1) is 0 Å². The van der Waals surface area contributed by atoms with E-state index < -0.39 is 0 Å². The molecule has 6 heteroatoms. The highest BCUT2D eigenvalue weighted by Crippen LogP contribution is 1.89. The highest BCUT2D eigenvalue weighted by atomic mass is 16.5. The largest absolute Gasteiger partial charge is 0.378 e. The first-order valence-electron chi connectivity index (χ1n) is 7.71. The minimum atomic E-state index is 0.658. The Bertz CT molecular complexity index is 239. The van der Waals surface area contributed by atoms with Crippen molar-refractivity contribution in [2.45, 2.75) is 6.92 Å². The van der Waals surface area contributed by atoms with Crippen molar-refractivity contribution in [2.24, 2.45) is 4.99 Å². The summed E-state index contributed by atoms with van der Waals surface area (Å²) in [7, 11) is 0. The maximum absolute atomic E-state index is 5.60. The molecule has 0 atom stereocenters. The molecule has 1 aliphatic heterocycles. The van der Waals surface area contributed by atoms with Gasteiger partial charge in [0.15, 0.2) is 0 Å². The van der Waals surface area contributed by atoms with Crippen LogP contribution in [-0.4, -0.2) is 89.9 Å². The number of likely N-dealkylation sites (N-methyl/N-ethyl adjacent to an activating group) is 1. The summed E-state index contributed by atoms with van der Waals surface area (Å²) in [5.41, 5.74) is 0. The van der Waals surface area contributed by atoms with Crippen molar-refractivity contribution in [2.75, 3.05) is 78.8 Å². The van der Waals surface area contributed by atoms with Gasteiger partial charge in [0.2, 0.25) is 0 Å². The molecule has 0 saturated heterocycles. The van der Waals surface area contributed by atoms with Gasteiger partial charge >= 0.3 is 0 Å². The summed E-state index contributed by atoms with van der Waals surface area (Å²) < 4.78 is 11.0. The molecule has 0 fully saturated rings. The number of hydrogen-bond acceptors (Lipinski definition) is 6. The minimum Gasteiger partial charge on any atom is -0.378 e. The third kappa shape index (κ3) is 10.3. The Hall–Kier alpha value is -0.530. The first-order valence-corrected chi connectivity index (χ1v) is 7.71. The van der Waals surface area contributed by atoms with Gasteiger partial charge in [0.05, 0.1) is 33.0 Å². The Morgan fingerprint density at radius 2 is 2.05 bits per heavy atom. The fraction of sp³-hybridized carbons (Fsp3) is 0.929. The van der Waals surface area contributed by atoms with Crippen LogP contribution in [-0.2, 0) is 9.47 Å². The van der Waals surface area contributed by atoms with Gasteiger partial charge in [-0.3, -0.25) is 9.89 Å². The summed E-state index contributed by atoms with van der Waals surface area (Å²) in [6.07, 6.45) is 1.93. The molecule has 0 aromatic carbocycles. The summed E-state index contributed by atoms with van der Waals surface area (Å²) >= 11 is 0. The number of hydrogen-bond donors (Lipinski definition) is 2. The van der Waals surface area contributed by atoms with Gasteiger partial charge in [0.25, 0.3) is 0 Å². The van der Waals surface area contributed by atoms with Crippen LogP contribution in [0.2, 0.25) is 0 Å². The SMILES string of the molecule is CCNCCN1CCNCC=NCCOCCOCC1. The van der Waals surface area contributed by atoms with E-state index in [1.807, 2.05) is 6.21 Å². The van der Waals surface area contributed by atoms with Crippen LogP contribution in [0.1, 0.15) is 6.92 Å². The molecule has 1 rings (SSSR count). The highest BCUT2D eigenvalue weighted by Gasteiger charge is 2.04. The lowest BCUT2D eigenvalue weighted by atomic mass is 10.4. The van der Waals surface area contributed by atoms with E-state index in [0.717, 1.165) is 59.0 Å². The van der Waals surface area contributed by atoms with Gasteiger partial charge in [-0.2, -0.15) is 0 Å². The summed E-state index contributed by atoms with van der Waals surface area (Å²) in [5, 5.41) is 6.75. The van der Waals surface area contributed by atoms with Crippen LogP contribution in [0.4, 0.5) is 0 Å². The molecule has 20 heavy (non-hydrogen) atoms. The van der Waals surface area contributed by atoms with Crippen molar-refractivity contribution in [3.05, 3.63) is 0 Å². The molecule has 0 aliphatic carbocycles. The van der Waals surface area contributed by atoms with Crippen molar-refractivity contribution in [1.82, 2.24) is 15.5 Å². The van der Waals surface area contributed by atoms with Gasteiger partial charge in [0.1, 0.15) is 0 Å². The summed E-state index contributed by atoms with van der Waals surface area (Å²) in [6, 6.07) is 0. The zero-order valence-corrected chi connectivity index (χ0v) is 12.8. The Morgan fingerprint density at radius 1 is 1.20 bits per heavy atom. The van der Waals surface area contributed by atoms with Crippen LogP contribution >= 0.6 is 0 Å². The second-order valence-corrected chi connectivity index (χ2v) is 4.71. The van der Waals surface area contributed by atoms with E-state index in [-0.39, 0.29) is 0 Å². The molecule has 6 nitrogen and oxygen atoms in total. The molecular weight excluding hydrogens is 256 g/mol. The first kappa shape index (κ1) is 17.5. The van der Waals surface area contributed by atoms with Crippen molar-refractivity contribution in [1.29, 1.82) is 0 Å². The summed E-state index contributed by atoms with van der Waals surface area (Å²) in [5.74, 6) is 0. The monoisotopic (exact) mass is 286 g/mol. The van der Waals surface area contributed by atoms with Crippen LogP contribution in [0.25, 0.3) is 0 Å². The lowest BCUT2D eigenvalue weighted by molar-refractivity contribution is 0.0415. The smallest absolute Gasteiger partial charge is 0.0701 e. The average molecular weight is 286 g/mol. The van der Waals surface area contributed by atoms with Gasteiger partial charge in [-0.25, -0.2) is 0 Å². The molecule has 0 unspecified atom stereocenters. The van der Waals surface area contributed by atoms with E-state index in [4.69, 9.17) is 9.47 Å². The first-order chi connectivity index (χ1) is 9.93. The standard InChI is InChI=1S/C14H30N4O2/c1-2-15-5-8-18-9-6-16-3-4-17-7-11-19-13-14-20-12-10-18/h4,15-16H,2-3,5-14H2,1H3. The Morgan fingerprint density at radius 3 is 2.90 bits per heavy atom. The third-order valence-electron chi connectivity index (χ3n) is 3.11. The number of nitrogens with one attached hydrogen (secondary N) is 2. The number of nitrogens with zero attached hydrogens (tertiary/aromatic N) is 2. The van der Waals surface area contributed by atoms with Gasteiger partial charge < -0.3 is 20.1 Å². The summed E-state index contributed by atoms with van der Waals surface area (Å²) in [4.78, 5) is 6.71. The number of aliphatic imine (C=N–C) groups is 1. The lowest BCUT2D eigenvalue weighted by Gasteiger charge is -2.22. The molecule has 0 radical (unpaired) electrons. The molecule has 1 heterocycles. The topological polar surface area (TPSA) is 58.1 Å². The maximum atomic E-state index is 5.60. The van der Waals surface area contributed by atoms with E-state index in [1.54, 1.807) is 0 Å². The van der Waals surface area contributed by atoms with Crippen molar-refractivity contribution < 1.29 is 9.47 Å². The third-order valence-corrected chi connectivity index (χ3v) is 3.11. The molecule has 118 valence electrons. The van der Waals surface area contributed by atoms with E-state index in [2.05, 4.69) is 27.4 Å². The molecule has 0 saturated carbocycles. The van der Waals surface area contributed by atoms with Crippen LogP contribution in [0, 0.1) is 0 Å². The van der Waals surface area contributed by atoms with E-state index in [0.29, 0.717) is 19.8 Å². The molecule has 0 bridgehead atoms. The zero-order chi connectivity index (χ0) is 14.3. The predicted molar refractivity (Wildman–Crippen MR) is 82.9 cm³/mol. The van der Waals surface area contributed by atoms with Crippen LogP contribution in [0.5, 0.6) is 0 Å². The van der Waals surface area contributed by atoms with E-state index >= 15 is 0 Å². The fourth-order valence-electron chi connectivity index (χ4n) is 1.94. The molecule has 1 aliphatic rings. The molecule has 0 aromatic rings. The molecule has 2 N–H and O–H groups in total. The Balaban J connectivity index is 2.25. The zero-order valence-electron chi connectivity index (χ0n) is 12.8. The second kappa shape index (κ2) is 13.5.